The van der Waals surface area contributed by atoms with Gasteiger partial charge in [0.2, 0.25) is 0 Å². The second kappa shape index (κ2) is 3.48. The van der Waals surface area contributed by atoms with Crippen LogP contribution >= 0.6 is 23.2 Å². The van der Waals surface area contributed by atoms with Crippen molar-refractivity contribution >= 4 is 23.2 Å². The minimum absolute atomic E-state index is 0.309. The van der Waals surface area contributed by atoms with Crippen LogP contribution < -0.4 is 5.69 Å². The van der Waals surface area contributed by atoms with Crippen LogP contribution in [0.5, 0.6) is 0 Å². The summed E-state index contributed by atoms with van der Waals surface area (Å²) in [5, 5.41) is 4.49. The van der Waals surface area contributed by atoms with E-state index in [0.29, 0.717) is 15.7 Å². The van der Waals surface area contributed by atoms with Gasteiger partial charge in [-0.1, -0.05) is 29.3 Å². The highest BCUT2D eigenvalue weighted by molar-refractivity contribution is 6.43. The van der Waals surface area contributed by atoms with Gasteiger partial charge in [0.25, 0.3) is 0 Å². The van der Waals surface area contributed by atoms with Gasteiger partial charge in [-0.2, -0.15) is 9.78 Å². The highest BCUT2D eigenvalue weighted by Crippen LogP contribution is 2.26. The molecule has 1 aromatic carbocycles. The maximum Gasteiger partial charge on any atom is 0.347 e. The van der Waals surface area contributed by atoms with Gasteiger partial charge in [-0.15, -0.1) is 0 Å². The quantitative estimate of drug-likeness (QED) is 0.812. The summed E-state index contributed by atoms with van der Waals surface area (Å²) >= 11 is 11.7. The molecule has 6 heteroatoms. The molecule has 1 heterocycles. The van der Waals surface area contributed by atoms with Crippen LogP contribution in [-0.2, 0) is 0 Å². The molecule has 0 unspecified atom stereocenters. The fourth-order valence-electron chi connectivity index (χ4n) is 1.08. The third kappa shape index (κ3) is 1.42. The monoisotopic (exact) mass is 229 g/mol. The second-order valence-corrected chi connectivity index (χ2v) is 3.36. The number of hydrogen-bond donors (Lipinski definition) is 1. The molecular formula is C8H5Cl2N3O. The van der Waals surface area contributed by atoms with Gasteiger partial charge in [0.15, 0.2) is 0 Å². The van der Waals surface area contributed by atoms with Gasteiger partial charge in [-0.05, 0) is 12.1 Å². The summed E-state index contributed by atoms with van der Waals surface area (Å²) in [5.41, 5.74) is 0.111. The first-order valence-corrected chi connectivity index (χ1v) is 4.53. The number of nitrogens with one attached hydrogen (secondary N) is 1. The first kappa shape index (κ1) is 9.30. The van der Waals surface area contributed by atoms with E-state index in [-0.39, 0.29) is 5.69 Å². The van der Waals surface area contributed by atoms with E-state index in [9.17, 15) is 4.79 Å². The highest BCUT2D eigenvalue weighted by atomic mass is 35.5. The van der Waals surface area contributed by atoms with Crippen LogP contribution in [0, 0.1) is 0 Å². The molecule has 1 N–H and O–H groups in total. The zero-order valence-corrected chi connectivity index (χ0v) is 8.38. The molecule has 0 amide bonds. The second-order valence-electron chi connectivity index (χ2n) is 2.58. The molecule has 0 radical (unpaired) electrons. The molecule has 0 aliphatic carbocycles. The summed E-state index contributed by atoms with van der Waals surface area (Å²) in [4.78, 5) is 13.6. The van der Waals surface area contributed by atoms with Crippen molar-refractivity contribution in [2.45, 2.75) is 0 Å². The van der Waals surface area contributed by atoms with Gasteiger partial charge in [-0.25, -0.2) is 4.79 Å². The summed E-state index contributed by atoms with van der Waals surface area (Å²) in [7, 11) is 0. The summed E-state index contributed by atoms with van der Waals surface area (Å²) in [6, 6.07) is 5.01. The summed E-state index contributed by atoms with van der Waals surface area (Å²) in [6.45, 7) is 0. The van der Waals surface area contributed by atoms with Crippen LogP contribution in [0.3, 0.4) is 0 Å². The van der Waals surface area contributed by atoms with Gasteiger partial charge < -0.3 is 0 Å². The maximum absolute atomic E-state index is 11.2. The van der Waals surface area contributed by atoms with Crippen molar-refractivity contribution in [3.8, 4) is 5.69 Å². The zero-order chi connectivity index (χ0) is 10.1. The molecule has 0 saturated heterocycles. The number of H-pyrrole nitrogens is 1. The number of aromatic amines is 1. The number of aromatic nitrogens is 3. The maximum atomic E-state index is 11.2. The lowest BCUT2D eigenvalue weighted by Gasteiger charge is -2.02. The molecule has 0 saturated carbocycles. The fraction of sp³-hybridized carbons (Fsp3) is 0. The van der Waals surface area contributed by atoms with Crippen LogP contribution in [0.15, 0.2) is 29.3 Å². The van der Waals surface area contributed by atoms with Gasteiger partial charge in [-0.3, -0.25) is 4.98 Å². The Morgan fingerprint density at radius 1 is 1.36 bits per heavy atom. The molecule has 1 aromatic heterocycles. The Balaban J connectivity index is 2.69. The Morgan fingerprint density at radius 2 is 2.14 bits per heavy atom. The summed E-state index contributed by atoms with van der Waals surface area (Å²) in [6.07, 6.45) is 1.29. The molecule has 0 atom stereocenters. The van der Waals surface area contributed by atoms with Crippen molar-refractivity contribution in [1.82, 2.24) is 14.8 Å². The highest BCUT2D eigenvalue weighted by Gasteiger charge is 2.08. The van der Waals surface area contributed by atoms with Crippen molar-refractivity contribution in [3.63, 3.8) is 0 Å². The number of hydrogen-bond acceptors (Lipinski definition) is 2. The Morgan fingerprint density at radius 3 is 2.79 bits per heavy atom. The lowest BCUT2D eigenvalue weighted by Crippen LogP contribution is -2.16. The van der Waals surface area contributed by atoms with E-state index < -0.39 is 0 Å². The smallest absolute Gasteiger partial charge is 0.295 e. The molecule has 0 aliphatic heterocycles. The zero-order valence-electron chi connectivity index (χ0n) is 6.87. The SMILES string of the molecule is O=c1[nH]cnn1-c1cccc(Cl)c1Cl. The molecule has 0 fully saturated rings. The average Bonchev–Trinajstić information content (AvgIpc) is 2.57. The van der Waals surface area contributed by atoms with Crippen molar-refractivity contribution in [2.24, 2.45) is 0 Å². The molecule has 2 rings (SSSR count). The van der Waals surface area contributed by atoms with E-state index in [1.807, 2.05) is 0 Å². The minimum Gasteiger partial charge on any atom is -0.295 e. The van der Waals surface area contributed by atoms with Crippen LogP contribution in [0.1, 0.15) is 0 Å². The van der Waals surface area contributed by atoms with Gasteiger partial charge in [0.05, 0.1) is 15.7 Å². The number of halogens is 2. The van der Waals surface area contributed by atoms with Crippen LogP contribution in [0.2, 0.25) is 10.0 Å². The summed E-state index contributed by atoms with van der Waals surface area (Å²) in [5.74, 6) is 0. The Bertz CT molecular complexity index is 517. The lowest BCUT2D eigenvalue weighted by molar-refractivity contribution is 0.843. The summed E-state index contributed by atoms with van der Waals surface area (Å²) < 4.78 is 1.15. The van der Waals surface area contributed by atoms with Gasteiger partial charge in [0, 0.05) is 0 Å². The van der Waals surface area contributed by atoms with E-state index in [2.05, 4.69) is 10.1 Å². The Hall–Kier alpha value is -1.26. The van der Waals surface area contributed by atoms with E-state index in [0.717, 1.165) is 4.68 Å². The molecule has 2 aromatic rings. The van der Waals surface area contributed by atoms with E-state index >= 15 is 0 Å². The van der Waals surface area contributed by atoms with Crippen molar-refractivity contribution in [2.75, 3.05) is 0 Å². The first-order chi connectivity index (χ1) is 6.70. The predicted molar refractivity (Wildman–Crippen MR) is 54.2 cm³/mol. The normalized spacial score (nSPS) is 10.4. The van der Waals surface area contributed by atoms with Crippen LogP contribution in [0.4, 0.5) is 0 Å². The molecule has 4 nitrogen and oxygen atoms in total. The number of rotatable bonds is 1. The fourth-order valence-corrected chi connectivity index (χ4v) is 1.46. The molecule has 0 spiro atoms. The van der Waals surface area contributed by atoms with E-state index in [4.69, 9.17) is 23.2 Å². The van der Waals surface area contributed by atoms with Gasteiger partial charge in [0.1, 0.15) is 6.33 Å². The third-order valence-corrected chi connectivity index (χ3v) is 2.52. The van der Waals surface area contributed by atoms with E-state index in [1.165, 1.54) is 6.33 Å². The molecule has 0 bridgehead atoms. The molecule has 0 aliphatic rings. The largest absolute Gasteiger partial charge is 0.347 e. The first-order valence-electron chi connectivity index (χ1n) is 3.77. The van der Waals surface area contributed by atoms with E-state index in [1.54, 1.807) is 18.2 Å². The Kier molecular flexibility index (Phi) is 2.31. The minimum atomic E-state index is -0.353. The Labute approximate surface area is 89.1 Å². The number of nitrogens with zero attached hydrogens (tertiary/aromatic N) is 2. The standard InChI is InChI=1S/C8H5Cl2N3O/c9-5-2-1-3-6(7(5)10)13-8(14)11-4-12-13/h1-4H,(H,11,12,14). The van der Waals surface area contributed by atoms with Crippen LogP contribution in [0.25, 0.3) is 5.69 Å². The van der Waals surface area contributed by atoms with Gasteiger partial charge >= 0.3 is 5.69 Å². The molecular weight excluding hydrogens is 225 g/mol. The molecule has 14 heavy (non-hydrogen) atoms. The lowest BCUT2D eigenvalue weighted by atomic mass is 10.3. The van der Waals surface area contributed by atoms with Crippen molar-refractivity contribution in [3.05, 3.63) is 45.1 Å². The molecule has 72 valence electrons. The topological polar surface area (TPSA) is 50.7 Å². The predicted octanol–water partition coefficient (Wildman–Crippen LogP) is 1.87. The average molecular weight is 230 g/mol. The third-order valence-electron chi connectivity index (χ3n) is 1.71. The van der Waals surface area contributed by atoms with Crippen molar-refractivity contribution < 1.29 is 0 Å². The van der Waals surface area contributed by atoms with Crippen molar-refractivity contribution in [1.29, 1.82) is 0 Å². The van der Waals surface area contributed by atoms with Crippen LogP contribution in [-0.4, -0.2) is 14.8 Å². The number of benzene rings is 1.